The van der Waals surface area contributed by atoms with Gasteiger partial charge in [0.1, 0.15) is 5.69 Å². The molecule has 1 aromatic carbocycles. The highest BCUT2D eigenvalue weighted by molar-refractivity contribution is 5.68. The van der Waals surface area contributed by atoms with Crippen molar-refractivity contribution in [3.05, 3.63) is 22.2 Å². The summed E-state index contributed by atoms with van der Waals surface area (Å²) >= 11 is 0. The summed E-state index contributed by atoms with van der Waals surface area (Å²) < 4.78 is 10.2. The number of methoxy groups -OCH3 is 2. The van der Waals surface area contributed by atoms with Crippen molar-refractivity contribution in [2.75, 3.05) is 39.2 Å². The number of nitro benzene ring substituents is 1. The van der Waals surface area contributed by atoms with Crippen LogP contribution in [0.5, 0.6) is 11.5 Å². The number of rotatable bonds is 9. The second-order valence-electron chi connectivity index (χ2n) is 4.12. The van der Waals surface area contributed by atoms with Gasteiger partial charge in [0.25, 0.3) is 5.69 Å². The maximum atomic E-state index is 11.1. The Kier molecular flexibility index (Phi) is 6.58. The van der Waals surface area contributed by atoms with E-state index in [1.54, 1.807) is 6.07 Å². The van der Waals surface area contributed by atoms with Crippen molar-refractivity contribution in [3.63, 3.8) is 0 Å². The lowest BCUT2D eigenvalue weighted by Gasteiger charge is -2.12. The van der Waals surface area contributed by atoms with Crippen molar-refractivity contribution in [2.45, 2.75) is 13.3 Å². The van der Waals surface area contributed by atoms with Gasteiger partial charge in [0, 0.05) is 12.6 Å². The van der Waals surface area contributed by atoms with Crippen LogP contribution < -0.4 is 20.1 Å². The molecule has 0 amide bonds. The van der Waals surface area contributed by atoms with Gasteiger partial charge >= 0.3 is 0 Å². The molecule has 0 fully saturated rings. The van der Waals surface area contributed by atoms with Gasteiger partial charge in [-0.05, 0) is 19.5 Å². The van der Waals surface area contributed by atoms with E-state index in [0.29, 0.717) is 23.7 Å². The highest BCUT2D eigenvalue weighted by Gasteiger charge is 2.19. The number of ether oxygens (including phenoxy) is 2. The fourth-order valence-corrected chi connectivity index (χ4v) is 1.77. The van der Waals surface area contributed by atoms with E-state index in [2.05, 4.69) is 10.6 Å². The Morgan fingerprint density at radius 1 is 1.20 bits per heavy atom. The fourth-order valence-electron chi connectivity index (χ4n) is 1.77. The van der Waals surface area contributed by atoms with E-state index in [9.17, 15) is 10.1 Å². The smallest absolute Gasteiger partial charge is 0.296 e. The second kappa shape index (κ2) is 8.21. The SMILES string of the molecule is CCNCCCNc1cc(OC)c(OC)cc1[N+](=O)[O-]. The molecule has 0 unspecified atom stereocenters. The number of hydrogen-bond donors (Lipinski definition) is 2. The Balaban J connectivity index is 2.84. The van der Waals surface area contributed by atoms with Crippen LogP contribution >= 0.6 is 0 Å². The molecule has 0 bridgehead atoms. The zero-order valence-electron chi connectivity index (χ0n) is 12.1. The third-order valence-corrected chi connectivity index (χ3v) is 2.79. The van der Waals surface area contributed by atoms with E-state index < -0.39 is 4.92 Å². The van der Waals surface area contributed by atoms with Crippen LogP contribution in [0.2, 0.25) is 0 Å². The Morgan fingerprint density at radius 3 is 2.40 bits per heavy atom. The molecule has 7 nitrogen and oxygen atoms in total. The normalized spacial score (nSPS) is 10.2. The van der Waals surface area contributed by atoms with Gasteiger partial charge in [0.05, 0.1) is 25.2 Å². The number of nitro groups is 1. The molecule has 0 aliphatic carbocycles. The van der Waals surface area contributed by atoms with Crippen LogP contribution in [0.25, 0.3) is 0 Å². The number of anilines is 1. The second-order valence-corrected chi connectivity index (χ2v) is 4.12. The first-order valence-electron chi connectivity index (χ1n) is 6.49. The molecule has 0 spiro atoms. The minimum Gasteiger partial charge on any atom is -0.493 e. The Bertz CT molecular complexity index is 451. The number of benzene rings is 1. The van der Waals surface area contributed by atoms with Gasteiger partial charge in [0.15, 0.2) is 11.5 Å². The molecule has 0 aliphatic rings. The topological polar surface area (TPSA) is 85.7 Å². The molecule has 112 valence electrons. The van der Waals surface area contributed by atoms with E-state index in [1.807, 2.05) is 6.92 Å². The predicted molar refractivity (Wildman–Crippen MR) is 77.9 cm³/mol. The van der Waals surface area contributed by atoms with Crippen LogP contribution in [0.3, 0.4) is 0 Å². The molecule has 1 aromatic rings. The summed E-state index contributed by atoms with van der Waals surface area (Å²) in [6, 6.07) is 2.95. The molecule has 0 aromatic heterocycles. The van der Waals surface area contributed by atoms with Crippen molar-refractivity contribution < 1.29 is 14.4 Å². The van der Waals surface area contributed by atoms with Crippen LogP contribution in [0.4, 0.5) is 11.4 Å². The highest BCUT2D eigenvalue weighted by atomic mass is 16.6. The maximum absolute atomic E-state index is 11.1. The number of nitrogens with one attached hydrogen (secondary N) is 2. The first-order chi connectivity index (χ1) is 9.63. The van der Waals surface area contributed by atoms with Gasteiger partial charge in [0.2, 0.25) is 0 Å². The average molecular weight is 283 g/mol. The molecular weight excluding hydrogens is 262 g/mol. The zero-order chi connectivity index (χ0) is 15.0. The minimum absolute atomic E-state index is 0.0221. The standard InChI is InChI=1S/C13H21N3O4/c1-4-14-6-5-7-15-10-8-12(19-2)13(20-3)9-11(10)16(17)18/h8-9,14-15H,4-7H2,1-3H3. The van der Waals surface area contributed by atoms with E-state index >= 15 is 0 Å². The van der Waals surface area contributed by atoms with Crippen molar-refractivity contribution in [2.24, 2.45) is 0 Å². The summed E-state index contributed by atoms with van der Waals surface area (Å²) in [5, 5.41) is 17.3. The molecule has 0 heterocycles. The van der Waals surface area contributed by atoms with E-state index in [1.165, 1.54) is 20.3 Å². The van der Waals surface area contributed by atoms with Gasteiger partial charge in [-0.15, -0.1) is 0 Å². The van der Waals surface area contributed by atoms with Crippen LogP contribution in [-0.4, -0.2) is 38.8 Å². The highest BCUT2D eigenvalue weighted by Crippen LogP contribution is 2.37. The molecule has 2 N–H and O–H groups in total. The largest absolute Gasteiger partial charge is 0.493 e. The van der Waals surface area contributed by atoms with Gasteiger partial charge in [-0.25, -0.2) is 0 Å². The average Bonchev–Trinajstić information content (AvgIpc) is 2.46. The van der Waals surface area contributed by atoms with Gasteiger partial charge in [-0.1, -0.05) is 6.92 Å². The molecule has 0 radical (unpaired) electrons. The summed E-state index contributed by atoms with van der Waals surface area (Å²) in [4.78, 5) is 10.6. The molecule has 0 saturated carbocycles. The Hall–Kier alpha value is -2.02. The van der Waals surface area contributed by atoms with Gasteiger partial charge in [-0.3, -0.25) is 10.1 Å². The quantitative estimate of drug-likeness (QED) is 0.410. The van der Waals surface area contributed by atoms with Crippen molar-refractivity contribution in [3.8, 4) is 11.5 Å². The summed E-state index contributed by atoms with van der Waals surface area (Å²) in [5.74, 6) is 0.810. The van der Waals surface area contributed by atoms with Crippen LogP contribution in [0, 0.1) is 10.1 Å². The predicted octanol–water partition coefficient (Wildman–Crippen LogP) is 2.02. The molecule has 1 rings (SSSR count). The first kappa shape index (κ1) is 16.0. The maximum Gasteiger partial charge on any atom is 0.296 e. The van der Waals surface area contributed by atoms with Crippen LogP contribution in [0.15, 0.2) is 12.1 Å². The zero-order valence-corrected chi connectivity index (χ0v) is 12.1. The first-order valence-corrected chi connectivity index (χ1v) is 6.49. The van der Waals surface area contributed by atoms with Crippen LogP contribution in [-0.2, 0) is 0 Å². The Morgan fingerprint density at radius 2 is 1.85 bits per heavy atom. The third kappa shape index (κ3) is 4.27. The fraction of sp³-hybridized carbons (Fsp3) is 0.538. The van der Waals surface area contributed by atoms with Gasteiger partial charge < -0.3 is 20.1 Å². The molecule has 0 atom stereocenters. The van der Waals surface area contributed by atoms with Crippen molar-refractivity contribution in [1.29, 1.82) is 0 Å². The molecule has 7 heteroatoms. The van der Waals surface area contributed by atoms with E-state index in [4.69, 9.17) is 9.47 Å². The molecular formula is C13H21N3O4. The molecule has 0 saturated heterocycles. The summed E-state index contributed by atoms with van der Waals surface area (Å²) in [6.07, 6.45) is 0.874. The summed E-state index contributed by atoms with van der Waals surface area (Å²) in [5.41, 5.74) is 0.412. The van der Waals surface area contributed by atoms with E-state index in [0.717, 1.165) is 19.5 Å². The lowest BCUT2D eigenvalue weighted by molar-refractivity contribution is -0.384. The van der Waals surface area contributed by atoms with Crippen molar-refractivity contribution >= 4 is 11.4 Å². The number of nitrogens with zero attached hydrogens (tertiary/aromatic N) is 1. The summed E-state index contributed by atoms with van der Waals surface area (Å²) in [6.45, 7) is 4.46. The lowest BCUT2D eigenvalue weighted by Crippen LogP contribution is -2.17. The van der Waals surface area contributed by atoms with Gasteiger partial charge in [-0.2, -0.15) is 0 Å². The van der Waals surface area contributed by atoms with Crippen LogP contribution in [0.1, 0.15) is 13.3 Å². The molecule has 0 aliphatic heterocycles. The van der Waals surface area contributed by atoms with E-state index in [-0.39, 0.29) is 5.69 Å². The monoisotopic (exact) mass is 283 g/mol. The summed E-state index contributed by atoms with van der Waals surface area (Å²) in [7, 11) is 2.95. The molecule has 20 heavy (non-hydrogen) atoms. The third-order valence-electron chi connectivity index (χ3n) is 2.79. The van der Waals surface area contributed by atoms with Crippen molar-refractivity contribution in [1.82, 2.24) is 5.32 Å². The Labute approximate surface area is 118 Å². The lowest BCUT2D eigenvalue weighted by atomic mass is 10.2. The number of hydrogen-bond acceptors (Lipinski definition) is 6. The minimum atomic E-state index is -0.436.